The van der Waals surface area contributed by atoms with Crippen molar-refractivity contribution in [2.24, 2.45) is 0 Å². The molecular weight excluding hydrogens is 278 g/mol. The van der Waals surface area contributed by atoms with Crippen LogP contribution in [0.3, 0.4) is 0 Å². The molecule has 3 aliphatic rings. The van der Waals surface area contributed by atoms with Crippen molar-refractivity contribution in [2.45, 2.75) is 37.5 Å². The summed E-state index contributed by atoms with van der Waals surface area (Å²) in [5.74, 6) is 0.00235. The summed E-state index contributed by atoms with van der Waals surface area (Å²) >= 11 is 0. The Hall–Kier alpha value is -1.75. The van der Waals surface area contributed by atoms with Crippen LogP contribution in [0, 0.1) is 0 Å². The van der Waals surface area contributed by atoms with Crippen molar-refractivity contribution in [1.29, 1.82) is 0 Å². The summed E-state index contributed by atoms with van der Waals surface area (Å²) in [6.45, 7) is 0.752. The number of hydrogen-bond acceptors (Lipinski definition) is 4. The van der Waals surface area contributed by atoms with Gasteiger partial charge < -0.3 is 15.5 Å². The van der Waals surface area contributed by atoms with E-state index in [0.717, 1.165) is 36.1 Å². The molecule has 0 saturated carbocycles. The van der Waals surface area contributed by atoms with Gasteiger partial charge in [-0.05, 0) is 59.4 Å². The molecule has 22 heavy (non-hydrogen) atoms. The van der Waals surface area contributed by atoms with Crippen molar-refractivity contribution in [1.82, 2.24) is 5.32 Å². The first-order valence-corrected chi connectivity index (χ1v) is 7.74. The fourth-order valence-corrected chi connectivity index (χ4v) is 4.29. The highest BCUT2D eigenvalue weighted by Crippen LogP contribution is 2.52. The Morgan fingerprint density at radius 2 is 2.00 bits per heavy atom. The second-order valence-electron chi connectivity index (χ2n) is 6.35. The molecule has 1 aliphatic heterocycles. The van der Waals surface area contributed by atoms with Gasteiger partial charge in [0.25, 0.3) is 0 Å². The van der Waals surface area contributed by atoms with E-state index in [4.69, 9.17) is 0 Å². The van der Waals surface area contributed by atoms with Gasteiger partial charge in [-0.25, -0.2) is 0 Å². The van der Waals surface area contributed by atoms with E-state index < -0.39 is 0 Å². The van der Waals surface area contributed by atoms with E-state index in [1.54, 1.807) is 12.2 Å². The molecule has 1 unspecified atom stereocenters. The summed E-state index contributed by atoms with van der Waals surface area (Å²) in [5, 5.41) is 23.1. The van der Waals surface area contributed by atoms with Crippen LogP contribution >= 0.6 is 0 Å². The minimum absolute atomic E-state index is 0.00235. The fourth-order valence-electron chi connectivity index (χ4n) is 4.29. The molecule has 114 valence electrons. The molecule has 0 saturated heterocycles. The summed E-state index contributed by atoms with van der Waals surface area (Å²) in [6.07, 6.45) is 8.96. The van der Waals surface area contributed by atoms with Crippen LogP contribution in [-0.2, 0) is 29.8 Å². The standard InChI is InChI=1S/C18H19NO3/c20-9-12-7-11-3-6-19-15-8-18(4-1-13(22)2-5-18)17(16(11)15)14(12)10-21/h1-2,4-5,7,15,19-21H,3,6,8-10H2. The van der Waals surface area contributed by atoms with E-state index in [2.05, 4.69) is 5.32 Å². The number of nitrogens with one attached hydrogen (secondary N) is 1. The summed E-state index contributed by atoms with van der Waals surface area (Å²) < 4.78 is 0. The van der Waals surface area contributed by atoms with Crippen LogP contribution < -0.4 is 5.32 Å². The van der Waals surface area contributed by atoms with E-state index >= 15 is 0 Å². The molecule has 3 N–H and O–H groups in total. The highest BCUT2D eigenvalue weighted by molar-refractivity contribution is 6.01. The van der Waals surface area contributed by atoms with E-state index in [9.17, 15) is 15.0 Å². The highest BCUT2D eigenvalue weighted by Gasteiger charge is 2.45. The van der Waals surface area contributed by atoms with Gasteiger partial charge in [-0.15, -0.1) is 0 Å². The molecule has 0 amide bonds. The molecule has 2 aliphatic carbocycles. The summed E-state index contributed by atoms with van der Waals surface area (Å²) in [7, 11) is 0. The highest BCUT2D eigenvalue weighted by atomic mass is 16.3. The van der Waals surface area contributed by atoms with Crippen LogP contribution in [0.5, 0.6) is 0 Å². The van der Waals surface area contributed by atoms with Crippen LogP contribution in [0.1, 0.15) is 40.3 Å². The van der Waals surface area contributed by atoms with E-state index in [-0.39, 0.29) is 30.5 Å². The molecule has 1 spiro atoms. The number of carbonyl (C=O) groups excluding carboxylic acids is 1. The third-order valence-electron chi connectivity index (χ3n) is 5.21. The lowest BCUT2D eigenvalue weighted by molar-refractivity contribution is -0.110. The molecule has 1 aromatic rings. The van der Waals surface area contributed by atoms with Gasteiger partial charge in [0, 0.05) is 11.5 Å². The fraction of sp³-hybridized carbons (Fsp3) is 0.389. The van der Waals surface area contributed by atoms with Crippen molar-refractivity contribution in [3.05, 3.63) is 58.2 Å². The number of aliphatic hydroxyl groups is 2. The van der Waals surface area contributed by atoms with E-state index in [0.29, 0.717) is 0 Å². The second-order valence-corrected chi connectivity index (χ2v) is 6.35. The molecule has 0 fully saturated rings. The smallest absolute Gasteiger partial charge is 0.178 e. The largest absolute Gasteiger partial charge is 0.392 e. The summed E-state index contributed by atoms with van der Waals surface area (Å²) in [4.78, 5) is 11.5. The first-order valence-electron chi connectivity index (χ1n) is 7.74. The Morgan fingerprint density at radius 1 is 1.23 bits per heavy atom. The van der Waals surface area contributed by atoms with Crippen molar-refractivity contribution < 1.29 is 15.0 Å². The van der Waals surface area contributed by atoms with Gasteiger partial charge in [0.15, 0.2) is 5.78 Å². The number of fused-ring (bicyclic) bond motifs is 1. The van der Waals surface area contributed by atoms with Gasteiger partial charge in [-0.1, -0.05) is 18.2 Å². The molecule has 1 aromatic carbocycles. The molecule has 0 aromatic heterocycles. The Balaban J connectivity index is 2.01. The Kier molecular flexibility index (Phi) is 3.08. The van der Waals surface area contributed by atoms with Gasteiger partial charge in [-0.3, -0.25) is 4.79 Å². The molecule has 1 heterocycles. The molecule has 4 nitrogen and oxygen atoms in total. The van der Waals surface area contributed by atoms with Crippen molar-refractivity contribution >= 4 is 5.78 Å². The topological polar surface area (TPSA) is 69.6 Å². The van der Waals surface area contributed by atoms with Gasteiger partial charge >= 0.3 is 0 Å². The van der Waals surface area contributed by atoms with Gasteiger partial charge in [0.05, 0.1) is 13.2 Å². The maximum Gasteiger partial charge on any atom is 0.178 e. The minimum atomic E-state index is -0.344. The number of ketones is 1. The predicted molar refractivity (Wildman–Crippen MR) is 82.3 cm³/mol. The average Bonchev–Trinajstić information content (AvgIpc) is 2.86. The van der Waals surface area contributed by atoms with Crippen LogP contribution in [-0.4, -0.2) is 22.5 Å². The number of rotatable bonds is 2. The van der Waals surface area contributed by atoms with Crippen LogP contribution in [0.4, 0.5) is 0 Å². The quantitative estimate of drug-likeness (QED) is 0.767. The molecular formula is C18H19NO3. The summed E-state index contributed by atoms with van der Waals surface area (Å²) in [5.41, 5.74) is 4.89. The van der Waals surface area contributed by atoms with Gasteiger partial charge in [-0.2, -0.15) is 0 Å². The molecule has 4 heteroatoms. The monoisotopic (exact) mass is 297 g/mol. The van der Waals surface area contributed by atoms with E-state index in [1.807, 2.05) is 18.2 Å². The van der Waals surface area contributed by atoms with Crippen LogP contribution in [0.25, 0.3) is 0 Å². The number of carbonyl (C=O) groups is 1. The van der Waals surface area contributed by atoms with Crippen molar-refractivity contribution in [3.8, 4) is 0 Å². The number of benzene rings is 1. The first-order chi connectivity index (χ1) is 10.7. The van der Waals surface area contributed by atoms with Crippen LogP contribution in [0.2, 0.25) is 0 Å². The SMILES string of the molecule is O=C1C=CC2(C=C1)CC1NCCc3cc(CO)c(CO)c2c31. The Morgan fingerprint density at radius 3 is 2.68 bits per heavy atom. The Bertz CT molecular complexity index is 702. The van der Waals surface area contributed by atoms with Gasteiger partial charge in [0.1, 0.15) is 0 Å². The lowest BCUT2D eigenvalue weighted by atomic mass is 9.75. The lowest BCUT2D eigenvalue weighted by Crippen LogP contribution is -2.28. The number of allylic oxidation sites excluding steroid dienone is 4. The predicted octanol–water partition coefficient (Wildman–Crippen LogP) is 1.19. The van der Waals surface area contributed by atoms with Crippen molar-refractivity contribution in [3.63, 3.8) is 0 Å². The average molecular weight is 297 g/mol. The zero-order chi connectivity index (χ0) is 15.3. The molecule has 4 rings (SSSR count). The summed E-state index contributed by atoms with van der Waals surface area (Å²) in [6, 6.07) is 2.29. The third kappa shape index (κ3) is 1.78. The van der Waals surface area contributed by atoms with Gasteiger partial charge in [0.2, 0.25) is 0 Å². The maximum absolute atomic E-state index is 11.5. The number of aliphatic hydroxyl groups excluding tert-OH is 2. The molecule has 0 radical (unpaired) electrons. The minimum Gasteiger partial charge on any atom is -0.392 e. The normalized spacial score (nSPS) is 24.1. The van der Waals surface area contributed by atoms with E-state index in [1.165, 1.54) is 11.1 Å². The zero-order valence-corrected chi connectivity index (χ0v) is 12.3. The zero-order valence-electron chi connectivity index (χ0n) is 12.3. The number of hydrogen-bond donors (Lipinski definition) is 3. The lowest BCUT2D eigenvalue weighted by Gasteiger charge is -2.28. The second kappa shape index (κ2) is 4.88. The molecule has 0 bridgehead atoms. The van der Waals surface area contributed by atoms with Crippen LogP contribution in [0.15, 0.2) is 30.4 Å². The third-order valence-corrected chi connectivity index (χ3v) is 5.21. The first kappa shape index (κ1) is 13.9. The Labute approximate surface area is 129 Å². The van der Waals surface area contributed by atoms with Crippen molar-refractivity contribution in [2.75, 3.05) is 6.54 Å². The molecule has 1 atom stereocenters. The maximum atomic E-state index is 11.5.